The Labute approximate surface area is 166 Å². The van der Waals surface area contributed by atoms with Crippen LogP contribution in [0.4, 0.5) is 4.79 Å². The van der Waals surface area contributed by atoms with Gasteiger partial charge in [-0.15, -0.1) is 0 Å². The number of hydrogen-bond acceptors (Lipinski definition) is 4. The van der Waals surface area contributed by atoms with E-state index in [0.717, 1.165) is 51.1 Å². The van der Waals surface area contributed by atoms with Gasteiger partial charge in [-0.3, -0.25) is 4.90 Å². The minimum atomic E-state index is 0.0459. The number of carbonyl (C=O) groups excluding carboxylic acids is 1. The molecular formula is C20H30ClN3O3. The number of ether oxygens (including phenoxy) is 2. The first-order valence-corrected chi connectivity index (χ1v) is 10.0. The highest BCUT2D eigenvalue weighted by Crippen LogP contribution is 2.39. The van der Waals surface area contributed by atoms with Crippen LogP contribution in [0.25, 0.3) is 0 Å². The van der Waals surface area contributed by atoms with Crippen molar-refractivity contribution in [2.24, 2.45) is 11.8 Å². The fourth-order valence-electron chi connectivity index (χ4n) is 4.42. The van der Waals surface area contributed by atoms with Crippen LogP contribution in [0.15, 0.2) is 12.1 Å². The van der Waals surface area contributed by atoms with Crippen molar-refractivity contribution in [3.8, 4) is 11.5 Å². The van der Waals surface area contributed by atoms with Gasteiger partial charge in [0.1, 0.15) is 0 Å². The molecule has 7 heteroatoms. The molecule has 0 saturated carbocycles. The van der Waals surface area contributed by atoms with Crippen molar-refractivity contribution in [1.29, 1.82) is 0 Å². The second-order valence-electron chi connectivity index (χ2n) is 7.44. The van der Waals surface area contributed by atoms with Crippen LogP contribution in [0.5, 0.6) is 11.5 Å². The van der Waals surface area contributed by atoms with Crippen molar-refractivity contribution in [2.45, 2.75) is 25.8 Å². The van der Waals surface area contributed by atoms with E-state index in [1.165, 1.54) is 6.42 Å². The second kappa shape index (κ2) is 9.02. The minimum absolute atomic E-state index is 0.0459. The molecule has 150 valence electrons. The lowest BCUT2D eigenvalue weighted by Crippen LogP contribution is -2.44. The minimum Gasteiger partial charge on any atom is -0.493 e. The van der Waals surface area contributed by atoms with E-state index >= 15 is 0 Å². The van der Waals surface area contributed by atoms with Crippen LogP contribution in [0.2, 0.25) is 5.02 Å². The molecule has 1 unspecified atom stereocenters. The maximum Gasteiger partial charge on any atom is 0.317 e. The van der Waals surface area contributed by atoms with E-state index in [0.29, 0.717) is 28.4 Å². The summed E-state index contributed by atoms with van der Waals surface area (Å²) in [4.78, 5) is 16.2. The quantitative estimate of drug-likeness (QED) is 0.831. The molecule has 1 atom stereocenters. The predicted molar refractivity (Wildman–Crippen MR) is 107 cm³/mol. The second-order valence-corrected chi connectivity index (χ2v) is 7.82. The predicted octanol–water partition coefficient (Wildman–Crippen LogP) is 3.23. The number of nitrogens with one attached hydrogen (secondary N) is 1. The van der Waals surface area contributed by atoms with Crippen LogP contribution >= 0.6 is 11.6 Å². The van der Waals surface area contributed by atoms with Gasteiger partial charge < -0.3 is 19.7 Å². The van der Waals surface area contributed by atoms with E-state index in [4.69, 9.17) is 21.1 Å². The lowest BCUT2D eigenvalue weighted by atomic mass is 9.84. The Kier molecular flexibility index (Phi) is 6.71. The van der Waals surface area contributed by atoms with E-state index < -0.39 is 0 Å². The van der Waals surface area contributed by atoms with E-state index in [1.807, 2.05) is 17.0 Å². The molecular weight excluding hydrogens is 366 g/mol. The Morgan fingerprint density at radius 3 is 2.48 bits per heavy atom. The van der Waals surface area contributed by atoms with Gasteiger partial charge in [0.15, 0.2) is 11.5 Å². The molecule has 0 aromatic heterocycles. The average Bonchev–Trinajstić information content (AvgIpc) is 3.17. The topological polar surface area (TPSA) is 54.0 Å². The zero-order valence-corrected chi connectivity index (χ0v) is 17.2. The van der Waals surface area contributed by atoms with Gasteiger partial charge >= 0.3 is 6.03 Å². The molecule has 1 aromatic carbocycles. The highest BCUT2D eigenvalue weighted by Gasteiger charge is 2.33. The van der Waals surface area contributed by atoms with Crippen molar-refractivity contribution in [2.75, 3.05) is 47.4 Å². The van der Waals surface area contributed by atoms with Crippen LogP contribution in [0.1, 0.15) is 24.8 Å². The van der Waals surface area contributed by atoms with Crippen molar-refractivity contribution >= 4 is 17.6 Å². The number of halogens is 1. The van der Waals surface area contributed by atoms with Crippen molar-refractivity contribution in [3.63, 3.8) is 0 Å². The molecule has 0 radical (unpaired) electrons. The van der Waals surface area contributed by atoms with Crippen molar-refractivity contribution < 1.29 is 14.3 Å². The van der Waals surface area contributed by atoms with Gasteiger partial charge in [0.25, 0.3) is 0 Å². The number of nitrogens with zero attached hydrogens (tertiary/aromatic N) is 2. The SMILES string of the molecule is CNC(=O)N1CCC(C2CCN(Cc3ccc(OC)c(OC)c3Cl)C2)CC1. The van der Waals surface area contributed by atoms with Crippen LogP contribution in [-0.2, 0) is 6.54 Å². The average molecular weight is 396 g/mol. The van der Waals surface area contributed by atoms with Crippen LogP contribution < -0.4 is 14.8 Å². The van der Waals surface area contributed by atoms with E-state index in [2.05, 4.69) is 10.2 Å². The van der Waals surface area contributed by atoms with Crippen LogP contribution in [-0.4, -0.2) is 63.3 Å². The Balaban J connectivity index is 1.56. The summed E-state index contributed by atoms with van der Waals surface area (Å²) in [5.74, 6) is 2.68. The third-order valence-electron chi connectivity index (χ3n) is 5.98. The van der Waals surface area contributed by atoms with Gasteiger partial charge in [0, 0.05) is 33.2 Å². The van der Waals surface area contributed by atoms with Gasteiger partial charge in [-0.25, -0.2) is 4.79 Å². The number of rotatable bonds is 5. The maximum atomic E-state index is 11.8. The molecule has 2 saturated heterocycles. The maximum absolute atomic E-state index is 11.8. The third-order valence-corrected chi connectivity index (χ3v) is 6.39. The number of hydrogen-bond donors (Lipinski definition) is 1. The summed E-state index contributed by atoms with van der Waals surface area (Å²) >= 11 is 6.54. The Bertz CT molecular complexity index is 662. The highest BCUT2D eigenvalue weighted by molar-refractivity contribution is 6.33. The van der Waals surface area contributed by atoms with Gasteiger partial charge in [-0.05, 0) is 49.3 Å². The largest absolute Gasteiger partial charge is 0.493 e. The van der Waals surface area contributed by atoms with Crippen molar-refractivity contribution in [1.82, 2.24) is 15.1 Å². The standard InChI is InChI=1S/C20H30ClN3O3/c1-22-20(25)24-10-7-14(8-11-24)15-6-9-23(12-15)13-16-4-5-17(26-2)19(27-3)18(16)21/h4-5,14-15H,6-13H2,1-3H3,(H,22,25). The molecule has 2 fully saturated rings. The number of likely N-dealkylation sites (tertiary alicyclic amines) is 2. The summed E-state index contributed by atoms with van der Waals surface area (Å²) in [6, 6.07) is 3.99. The first-order chi connectivity index (χ1) is 13.1. The van der Waals surface area contributed by atoms with E-state index in [-0.39, 0.29) is 6.03 Å². The number of methoxy groups -OCH3 is 2. The van der Waals surface area contributed by atoms with Crippen LogP contribution in [0, 0.1) is 11.8 Å². The normalized spacial score (nSPS) is 21.3. The first-order valence-electron chi connectivity index (χ1n) is 9.65. The number of piperidine rings is 1. The molecule has 2 heterocycles. The molecule has 27 heavy (non-hydrogen) atoms. The molecule has 0 aliphatic carbocycles. The summed E-state index contributed by atoms with van der Waals surface area (Å²) < 4.78 is 10.7. The fraction of sp³-hybridized carbons (Fsp3) is 0.650. The molecule has 2 amide bonds. The molecule has 1 aromatic rings. The van der Waals surface area contributed by atoms with Gasteiger partial charge in [0.05, 0.1) is 19.2 Å². The summed E-state index contributed by atoms with van der Waals surface area (Å²) in [6.45, 7) is 4.73. The number of urea groups is 1. The molecule has 0 bridgehead atoms. The van der Waals surface area contributed by atoms with Gasteiger partial charge in [0.2, 0.25) is 0 Å². The smallest absolute Gasteiger partial charge is 0.317 e. The highest BCUT2D eigenvalue weighted by atomic mass is 35.5. The van der Waals surface area contributed by atoms with E-state index in [1.54, 1.807) is 21.3 Å². The van der Waals surface area contributed by atoms with Crippen molar-refractivity contribution in [3.05, 3.63) is 22.7 Å². The summed E-state index contributed by atoms with van der Waals surface area (Å²) in [5.41, 5.74) is 1.07. The lowest BCUT2D eigenvalue weighted by Gasteiger charge is -2.34. The van der Waals surface area contributed by atoms with Gasteiger partial charge in [-0.1, -0.05) is 17.7 Å². The molecule has 6 nitrogen and oxygen atoms in total. The Morgan fingerprint density at radius 1 is 1.15 bits per heavy atom. The molecule has 0 spiro atoms. The summed E-state index contributed by atoms with van der Waals surface area (Å²) in [6.07, 6.45) is 3.42. The fourth-order valence-corrected chi connectivity index (χ4v) is 4.71. The molecule has 1 N–H and O–H groups in total. The summed E-state index contributed by atoms with van der Waals surface area (Å²) in [7, 11) is 4.93. The molecule has 3 rings (SSSR count). The van der Waals surface area contributed by atoms with E-state index in [9.17, 15) is 4.79 Å². The Hall–Kier alpha value is -1.66. The summed E-state index contributed by atoms with van der Waals surface area (Å²) in [5, 5.41) is 3.36. The van der Waals surface area contributed by atoms with Crippen LogP contribution in [0.3, 0.4) is 0 Å². The Morgan fingerprint density at radius 2 is 1.85 bits per heavy atom. The first kappa shape index (κ1) is 20.1. The third kappa shape index (κ3) is 4.43. The number of benzene rings is 1. The zero-order valence-electron chi connectivity index (χ0n) is 16.5. The van der Waals surface area contributed by atoms with Gasteiger partial charge in [-0.2, -0.15) is 0 Å². The zero-order chi connectivity index (χ0) is 19.4. The number of carbonyl (C=O) groups is 1. The monoisotopic (exact) mass is 395 g/mol. The molecule has 2 aliphatic heterocycles. The molecule has 2 aliphatic rings. The lowest BCUT2D eigenvalue weighted by molar-refractivity contribution is 0.150. The number of amides is 2.